The summed E-state index contributed by atoms with van der Waals surface area (Å²) in [6, 6.07) is 6.76. The normalized spacial score (nSPS) is 31.1. The lowest BCUT2D eigenvalue weighted by Gasteiger charge is -2.63. The number of fused-ring (bicyclic) bond motifs is 2. The maximum atomic E-state index is 13.0. The number of primary amides is 1. The van der Waals surface area contributed by atoms with Gasteiger partial charge in [0.15, 0.2) is 0 Å². The number of benzene rings is 1. The maximum absolute atomic E-state index is 13.0. The quantitative estimate of drug-likeness (QED) is 0.838. The average Bonchev–Trinajstić information content (AvgIpc) is 2.92. The molecule has 1 amide bonds. The van der Waals surface area contributed by atoms with Gasteiger partial charge in [-0.2, -0.15) is 0 Å². The molecule has 0 radical (unpaired) electrons. The second-order valence-electron chi connectivity index (χ2n) is 7.65. The molecule has 0 bridgehead atoms. The second kappa shape index (κ2) is 6.12. The predicted octanol–water partition coefficient (Wildman–Crippen LogP) is 2.02. The van der Waals surface area contributed by atoms with Gasteiger partial charge in [-0.1, -0.05) is 18.6 Å². The van der Waals surface area contributed by atoms with Crippen LogP contribution in [0.5, 0.6) is 0 Å². The first-order valence-corrected chi connectivity index (χ1v) is 8.99. The number of rotatable bonds is 6. The number of nitrogens with two attached hydrogens (primary N) is 1. The Hall–Kier alpha value is -1.46. The van der Waals surface area contributed by atoms with Crippen molar-refractivity contribution in [1.82, 2.24) is 5.32 Å². The highest BCUT2D eigenvalue weighted by Crippen LogP contribution is 2.62. The molecule has 2 saturated carbocycles. The molecule has 4 atom stereocenters. The molecule has 1 aromatic carbocycles. The molecule has 2 aliphatic carbocycles. The van der Waals surface area contributed by atoms with Crippen molar-refractivity contribution in [3.8, 4) is 0 Å². The minimum Gasteiger partial charge on any atom is -0.377 e. The summed E-state index contributed by atoms with van der Waals surface area (Å²) in [6.07, 6.45) is 5.82. The Kier molecular flexibility index (Phi) is 4.09. The van der Waals surface area contributed by atoms with E-state index >= 15 is 0 Å². The zero-order chi connectivity index (χ0) is 16.7. The fraction of sp³-hybridized carbons (Fsp3) is 0.632. The summed E-state index contributed by atoms with van der Waals surface area (Å²) in [5.74, 6) is -0.243. The Balaban J connectivity index is 1.39. The molecule has 0 unspecified atom stereocenters. The largest absolute Gasteiger partial charge is 0.377 e. The topological polar surface area (TPSA) is 64.4 Å². The summed E-state index contributed by atoms with van der Waals surface area (Å²) in [4.78, 5) is 11.8. The molecule has 1 saturated heterocycles. The van der Waals surface area contributed by atoms with E-state index in [1.165, 1.54) is 31.4 Å². The first-order chi connectivity index (χ1) is 11.6. The number of carbonyl (C=O) groups is 1. The average molecular weight is 332 g/mol. The van der Waals surface area contributed by atoms with Crippen LogP contribution in [-0.4, -0.2) is 31.2 Å². The Bertz CT molecular complexity index is 614. The summed E-state index contributed by atoms with van der Waals surface area (Å²) in [7, 11) is 0. The molecule has 1 heterocycles. The lowest BCUT2D eigenvalue weighted by atomic mass is 9.46. The molecule has 1 spiro atoms. The van der Waals surface area contributed by atoms with Crippen molar-refractivity contribution < 1.29 is 13.9 Å². The van der Waals surface area contributed by atoms with Gasteiger partial charge in [0.2, 0.25) is 5.91 Å². The Morgan fingerprint density at radius 1 is 1.38 bits per heavy atom. The van der Waals surface area contributed by atoms with E-state index in [-0.39, 0.29) is 17.6 Å². The van der Waals surface area contributed by atoms with Crippen molar-refractivity contribution in [3.63, 3.8) is 0 Å². The van der Waals surface area contributed by atoms with Crippen LogP contribution in [0.25, 0.3) is 0 Å². The van der Waals surface area contributed by atoms with Crippen molar-refractivity contribution in [2.75, 3.05) is 13.2 Å². The second-order valence-corrected chi connectivity index (χ2v) is 7.65. The first kappa shape index (κ1) is 16.0. The Labute approximate surface area is 141 Å². The standard InChI is InChI=1S/C19H25FN2O2/c20-14-4-2-12(3-5-14)10-13(18(21)23)11-22-16-15-6-9-24-17(15)19(16)7-1-8-19/h2-5,13,15-17,22H,1,6-11H2,(H2,21,23)/t13-,15-,16+,17-/m0/s1. The highest BCUT2D eigenvalue weighted by Gasteiger charge is 2.66. The minimum absolute atomic E-state index is 0.263. The van der Waals surface area contributed by atoms with Crippen LogP contribution >= 0.6 is 0 Å². The fourth-order valence-corrected chi connectivity index (χ4v) is 5.01. The van der Waals surface area contributed by atoms with E-state index in [1.807, 2.05) is 0 Å². The van der Waals surface area contributed by atoms with Gasteiger partial charge in [0, 0.05) is 30.5 Å². The Morgan fingerprint density at radius 3 is 2.75 bits per heavy atom. The van der Waals surface area contributed by atoms with Gasteiger partial charge in [-0.3, -0.25) is 4.79 Å². The van der Waals surface area contributed by atoms with E-state index in [4.69, 9.17) is 10.5 Å². The molecule has 1 aromatic rings. The van der Waals surface area contributed by atoms with Gasteiger partial charge >= 0.3 is 0 Å². The highest BCUT2D eigenvalue weighted by atomic mass is 19.1. The van der Waals surface area contributed by atoms with E-state index < -0.39 is 0 Å². The molecule has 4 rings (SSSR count). The number of hydrogen-bond acceptors (Lipinski definition) is 3. The van der Waals surface area contributed by atoms with E-state index in [2.05, 4.69) is 5.32 Å². The van der Waals surface area contributed by atoms with Crippen molar-refractivity contribution in [1.29, 1.82) is 0 Å². The summed E-state index contributed by atoms with van der Waals surface area (Å²) in [6.45, 7) is 1.45. The minimum atomic E-state index is -0.298. The maximum Gasteiger partial charge on any atom is 0.222 e. The van der Waals surface area contributed by atoms with Gasteiger partial charge in [-0.05, 0) is 43.4 Å². The number of nitrogens with one attached hydrogen (secondary N) is 1. The highest BCUT2D eigenvalue weighted by molar-refractivity contribution is 5.77. The molecule has 1 aliphatic heterocycles. The molecule has 5 heteroatoms. The third-order valence-electron chi connectivity index (χ3n) is 6.42. The lowest BCUT2D eigenvalue weighted by Crippen LogP contribution is -2.71. The molecule has 3 fully saturated rings. The van der Waals surface area contributed by atoms with Crippen molar-refractivity contribution >= 4 is 5.91 Å². The van der Waals surface area contributed by atoms with Crippen LogP contribution in [0.4, 0.5) is 4.39 Å². The van der Waals surface area contributed by atoms with Gasteiger partial charge in [0.05, 0.1) is 12.0 Å². The van der Waals surface area contributed by atoms with Crippen LogP contribution in [-0.2, 0) is 16.0 Å². The predicted molar refractivity (Wildman–Crippen MR) is 88.7 cm³/mol. The van der Waals surface area contributed by atoms with E-state index in [9.17, 15) is 9.18 Å². The van der Waals surface area contributed by atoms with Crippen LogP contribution in [0.1, 0.15) is 31.2 Å². The third-order valence-corrected chi connectivity index (χ3v) is 6.42. The number of halogens is 1. The lowest BCUT2D eigenvalue weighted by molar-refractivity contribution is -0.176. The van der Waals surface area contributed by atoms with Crippen molar-refractivity contribution in [3.05, 3.63) is 35.6 Å². The molecule has 3 aliphatic rings. The summed E-state index contributed by atoms with van der Waals surface area (Å²) >= 11 is 0. The van der Waals surface area contributed by atoms with Crippen LogP contribution < -0.4 is 11.1 Å². The van der Waals surface area contributed by atoms with Crippen LogP contribution in [0, 0.1) is 23.1 Å². The van der Waals surface area contributed by atoms with Crippen LogP contribution in [0.2, 0.25) is 0 Å². The van der Waals surface area contributed by atoms with Crippen LogP contribution in [0.3, 0.4) is 0 Å². The summed E-state index contributed by atoms with van der Waals surface area (Å²) in [5, 5.41) is 3.64. The summed E-state index contributed by atoms with van der Waals surface area (Å²) in [5.41, 5.74) is 6.85. The van der Waals surface area contributed by atoms with E-state index in [0.29, 0.717) is 36.4 Å². The van der Waals surface area contributed by atoms with E-state index in [0.717, 1.165) is 18.6 Å². The molecule has 130 valence electrons. The zero-order valence-electron chi connectivity index (χ0n) is 13.8. The monoisotopic (exact) mass is 332 g/mol. The molecule has 4 nitrogen and oxygen atoms in total. The number of amides is 1. The first-order valence-electron chi connectivity index (χ1n) is 8.99. The molecule has 24 heavy (non-hydrogen) atoms. The van der Waals surface area contributed by atoms with Crippen molar-refractivity contribution in [2.45, 2.75) is 44.2 Å². The smallest absolute Gasteiger partial charge is 0.222 e. The summed E-state index contributed by atoms with van der Waals surface area (Å²) < 4.78 is 19.0. The van der Waals surface area contributed by atoms with Crippen LogP contribution in [0.15, 0.2) is 24.3 Å². The van der Waals surface area contributed by atoms with Gasteiger partial charge in [0.25, 0.3) is 0 Å². The van der Waals surface area contributed by atoms with Gasteiger partial charge < -0.3 is 15.8 Å². The van der Waals surface area contributed by atoms with Gasteiger partial charge in [-0.25, -0.2) is 4.39 Å². The Morgan fingerprint density at radius 2 is 2.12 bits per heavy atom. The molecular weight excluding hydrogens is 307 g/mol. The fourth-order valence-electron chi connectivity index (χ4n) is 5.01. The van der Waals surface area contributed by atoms with Gasteiger partial charge in [-0.15, -0.1) is 0 Å². The van der Waals surface area contributed by atoms with Crippen molar-refractivity contribution in [2.24, 2.45) is 23.0 Å². The number of ether oxygens (including phenoxy) is 1. The molecule has 0 aromatic heterocycles. The molecular formula is C19H25FN2O2. The molecule has 3 N–H and O–H groups in total. The SMILES string of the molecule is NC(=O)[C@H](CN[C@@H]1[C@@H]2CCO[C@@H]2C12CCC2)Cc1ccc(F)cc1. The van der Waals surface area contributed by atoms with E-state index in [1.54, 1.807) is 12.1 Å². The zero-order valence-corrected chi connectivity index (χ0v) is 13.8. The number of hydrogen-bond donors (Lipinski definition) is 2. The van der Waals surface area contributed by atoms with Gasteiger partial charge in [0.1, 0.15) is 5.82 Å². The number of carbonyl (C=O) groups excluding carboxylic acids is 1. The third kappa shape index (κ3) is 2.54.